The van der Waals surface area contributed by atoms with Gasteiger partial charge in [0.05, 0.1) is 44.4 Å². The molecule has 2 N–H and O–H groups in total. The maximum atomic E-state index is 13.2. The summed E-state index contributed by atoms with van der Waals surface area (Å²) in [5, 5.41) is 19.6. The normalized spacial score (nSPS) is 13.6. The van der Waals surface area contributed by atoms with Gasteiger partial charge in [0.2, 0.25) is 0 Å². The summed E-state index contributed by atoms with van der Waals surface area (Å²) in [5.74, 6) is 0.123. The Labute approximate surface area is 388 Å². The third-order valence-corrected chi connectivity index (χ3v) is 12.7. The van der Waals surface area contributed by atoms with Gasteiger partial charge in [0, 0.05) is 18.9 Å². The summed E-state index contributed by atoms with van der Waals surface area (Å²) < 4.78 is 18.0. The van der Waals surface area contributed by atoms with Gasteiger partial charge in [0.15, 0.2) is 0 Å². The van der Waals surface area contributed by atoms with Crippen LogP contribution in [0.4, 0.5) is 0 Å². The minimum absolute atomic E-state index is 0.0170. The Bertz CT molecular complexity index is 1080. The number of ether oxygens (including phenoxy) is 3. The highest BCUT2D eigenvalue weighted by Gasteiger charge is 2.22. The van der Waals surface area contributed by atoms with E-state index in [4.69, 9.17) is 14.2 Å². The van der Waals surface area contributed by atoms with Crippen molar-refractivity contribution in [1.82, 2.24) is 9.88 Å². The molecule has 4 unspecified atom stereocenters. The Kier molecular flexibility index (Phi) is 41.0. The van der Waals surface area contributed by atoms with Gasteiger partial charge in [-0.15, -0.1) is 0 Å². The Hall–Kier alpha value is -2.07. The van der Waals surface area contributed by atoms with Crippen molar-refractivity contribution in [2.75, 3.05) is 46.1 Å². The van der Waals surface area contributed by atoms with Gasteiger partial charge in [0.1, 0.15) is 6.10 Å². The van der Waals surface area contributed by atoms with Gasteiger partial charge in [-0.2, -0.15) is 0 Å². The van der Waals surface area contributed by atoms with E-state index in [1.54, 1.807) is 12.4 Å². The average molecular weight is 889 g/mol. The third kappa shape index (κ3) is 34.0. The first-order chi connectivity index (χ1) is 30.9. The van der Waals surface area contributed by atoms with Gasteiger partial charge in [-0.1, -0.05) is 182 Å². The SMILES string of the molecule is CCCCCCCCC(CCCCCC)C(=O)OCCCCCCN(CCCCCCOC(=O)C(CCCCCC)CCCCCCCC)CC(OCC(O)CO)c1ccncc1. The maximum absolute atomic E-state index is 13.2. The number of pyridine rings is 1. The predicted molar refractivity (Wildman–Crippen MR) is 262 cm³/mol. The van der Waals surface area contributed by atoms with Crippen molar-refractivity contribution < 1.29 is 34.0 Å². The van der Waals surface area contributed by atoms with Gasteiger partial charge in [-0.25, -0.2) is 0 Å². The molecule has 368 valence electrons. The number of unbranched alkanes of at least 4 members (excludes halogenated alkanes) is 22. The molecule has 9 heteroatoms. The topological polar surface area (TPSA) is 118 Å². The van der Waals surface area contributed by atoms with Crippen molar-refractivity contribution >= 4 is 11.9 Å². The molecule has 0 saturated carbocycles. The molecule has 1 heterocycles. The van der Waals surface area contributed by atoms with Crippen LogP contribution in [-0.2, 0) is 23.8 Å². The summed E-state index contributed by atoms with van der Waals surface area (Å²) in [5.41, 5.74) is 1.00. The Morgan fingerprint density at radius 1 is 0.540 bits per heavy atom. The molecule has 0 amide bonds. The molecule has 4 atom stereocenters. The van der Waals surface area contributed by atoms with E-state index in [1.165, 1.54) is 103 Å². The lowest BCUT2D eigenvalue weighted by atomic mass is 9.94. The smallest absolute Gasteiger partial charge is 0.308 e. The van der Waals surface area contributed by atoms with Crippen molar-refractivity contribution in [1.29, 1.82) is 0 Å². The first kappa shape index (κ1) is 58.9. The second-order valence-corrected chi connectivity index (χ2v) is 18.6. The molecule has 0 spiro atoms. The summed E-state index contributed by atoms with van der Waals surface area (Å²) >= 11 is 0. The van der Waals surface area contributed by atoms with E-state index in [9.17, 15) is 19.8 Å². The van der Waals surface area contributed by atoms with Crippen molar-refractivity contribution in [2.45, 2.75) is 245 Å². The number of nitrogens with zero attached hydrogens (tertiary/aromatic N) is 2. The van der Waals surface area contributed by atoms with E-state index in [2.05, 4.69) is 37.6 Å². The van der Waals surface area contributed by atoms with E-state index in [0.717, 1.165) is 121 Å². The number of hydrogen-bond donors (Lipinski definition) is 2. The van der Waals surface area contributed by atoms with Gasteiger partial charge in [0.25, 0.3) is 0 Å². The zero-order chi connectivity index (χ0) is 45.9. The van der Waals surface area contributed by atoms with Crippen LogP contribution in [-0.4, -0.2) is 84.2 Å². The largest absolute Gasteiger partial charge is 0.465 e. The van der Waals surface area contributed by atoms with Gasteiger partial charge >= 0.3 is 11.9 Å². The molecule has 0 aliphatic heterocycles. The molecule has 0 bridgehead atoms. The highest BCUT2D eigenvalue weighted by molar-refractivity contribution is 5.72. The highest BCUT2D eigenvalue weighted by atomic mass is 16.5. The predicted octanol–water partition coefficient (Wildman–Crippen LogP) is 13.7. The van der Waals surface area contributed by atoms with Crippen LogP contribution in [0.25, 0.3) is 0 Å². The lowest BCUT2D eigenvalue weighted by Crippen LogP contribution is -2.33. The van der Waals surface area contributed by atoms with Crippen LogP contribution >= 0.6 is 0 Å². The number of carbonyl (C=O) groups is 2. The number of carbonyl (C=O) groups excluding carboxylic acids is 2. The molecular weight excluding hydrogens is 789 g/mol. The minimum atomic E-state index is -0.926. The Balaban J connectivity index is 2.66. The standard InChI is InChI=1S/C54H100N2O7/c1-5-9-13-17-19-27-35-49(33-25-15-11-7-3)53(59)61-43-31-23-21-29-41-56(45-52(63-47-51(58)46-57)48-37-39-55-40-38-48)42-30-22-24-32-44-62-54(60)50(34-26-16-12-8-4)36-28-20-18-14-10-6-2/h37-40,49-52,57-58H,5-36,41-47H2,1-4H3. The number of esters is 2. The van der Waals surface area contributed by atoms with Crippen molar-refractivity contribution in [3.63, 3.8) is 0 Å². The molecule has 1 aromatic heterocycles. The van der Waals surface area contributed by atoms with E-state index in [0.29, 0.717) is 19.8 Å². The number of rotatable bonds is 47. The molecule has 63 heavy (non-hydrogen) atoms. The van der Waals surface area contributed by atoms with E-state index >= 15 is 0 Å². The number of aliphatic hydroxyl groups is 2. The van der Waals surface area contributed by atoms with E-state index < -0.39 is 6.10 Å². The molecule has 0 aliphatic carbocycles. The lowest BCUT2D eigenvalue weighted by molar-refractivity contribution is -0.150. The van der Waals surface area contributed by atoms with Crippen LogP contribution in [0.3, 0.4) is 0 Å². The molecular formula is C54H100N2O7. The second kappa shape index (κ2) is 43.8. The van der Waals surface area contributed by atoms with Crippen LogP contribution in [0.2, 0.25) is 0 Å². The minimum Gasteiger partial charge on any atom is -0.465 e. The van der Waals surface area contributed by atoms with Crippen LogP contribution in [0.5, 0.6) is 0 Å². The molecule has 0 radical (unpaired) electrons. The molecule has 0 saturated heterocycles. The quantitative estimate of drug-likeness (QED) is 0.0487. The van der Waals surface area contributed by atoms with Gasteiger partial charge in [-0.05, 0) is 82.2 Å². The summed E-state index contributed by atoms with van der Waals surface area (Å²) in [6, 6.07) is 3.92. The van der Waals surface area contributed by atoms with Crippen molar-refractivity contribution in [3.8, 4) is 0 Å². The first-order valence-corrected chi connectivity index (χ1v) is 26.8. The highest BCUT2D eigenvalue weighted by Crippen LogP contribution is 2.24. The average Bonchev–Trinajstić information content (AvgIpc) is 3.30. The number of aliphatic hydroxyl groups excluding tert-OH is 2. The number of hydrogen-bond acceptors (Lipinski definition) is 9. The summed E-state index contributed by atoms with van der Waals surface area (Å²) in [7, 11) is 0. The van der Waals surface area contributed by atoms with Crippen LogP contribution < -0.4 is 0 Å². The maximum Gasteiger partial charge on any atom is 0.308 e. The first-order valence-electron chi connectivity index (χ1n) is 26.8. The lowest BCUT2D eigenvalue weighted by Gasteiger charge is -2.28. The van der Waals surface area contributed by atoms with Crippen LogP contribution in [0.15, 0.2) is 24.5 Å². The number of aromatic nitrogens is 1. The van der Waals surface area contributed by atoms with Crippen LogP contribution in [0, 0.1) is 11.8 Å². The summed E-state index contributed by atoms with van der Waals surface area (Å²) in [4.78, 5) is 33.0. The molecule has 1 rings (SSSR count). The summed E-state index contributed by atoms with van der Waals surface area (Å²) in [6.45, 7) is 12.2. The molecule has 1 aromatic rings. The van der Waals surface area contributed by atoms with Gasteiger partial charge < -0.3 is 29.3 Å². The zero-order valence-corrected chi connectivity index (χ0v) is 41.5. The molecule has 9 nitrogen and oxygen atoms in total. The zero-order valence-electron chi connectivity index (χ0n) is 41.5. The molecule has 0 aliphatic rings. The fourth-order valence-electron chi connectivity index (χ4n) is 8.54. The van der Waals surface area contributed by atoms with Crippen LogP contribution in [0.1, 0.15) is 245 Å². The monoisotopic (exact) mass is 889 g/mol. The Morgan fingerprint density at radius 2 is 0.905 bits per heavy atom. The van der Waals surface area contributed by atoms with E-state index in [1.807, 2.05) is 12.1 Å². The van der Waals surface area contributed by atoms with Gasteiger partial charge in [-0.3, -0.25) is 14.6 Å². The third-order valence-electron chi connectivity index (χ3n) is 12.7. The van der Waals surface area contributed by atoms with Crippen molar-refractivity contribution in [3.05, 3.63) is 30.1 Å². The fourth-order valence-corrected chi connectivity index (χ4v) is 8.54. The van der Waals surface area contributed by atoms with Crippen molar-refractivity contribution in [2.24, 2.45) is 11.8 Å². The van der Waals surface area contributed by atoms with E-state index in [-0.39, 0.29) is 43.1 Å². The molecule has 0 fully saturated rings. The summed E-state index contributed by atoms with van der Waals surface area (Å²) in [6.07, 6.45) is 38.6. The molecule has 0 aromatic carbocycles. The Morgan fingerprint density at radius 3 is 1.32 bits per heavy atom. The second-order valence-electron chi connectivity index (χ2n) is 18.6. The fraction of sp³-hybridized carbons (Fsp3) is 0.870.